The molecule has 258 valence electrons. The lowest BCUT2D eigenvalue weighted by Crippen LogP contribution is -2.28. The number of benzene rings is 7. The molecule has 1 atom stereocenters. The van der Waals surface area contributed by atoms with E-state index in [2.05, 4.69) is 133 Å². The lowest BCUT2D eigenvalue weighted by Gasteiger charge is -2.33. The van der Waals surface area contributed by atoms with E-state index >= 15 is 0 Å². The molecule has 7 aromatic carbocycles. The third-order valence-corrected chi connectivity index (χ3v) is 11.0. The van der Waals surface area contributed by atoms with Gasteiger partial charge in [-0.3, -0.25) is 0 Å². The number of hydrogen-bond acceptors (Lipinski definition) is 4. The van der Waals surface area contributed by atoms with Gasteiger partial charge in [-0.2, -0.15) is 0 Å². The fourth-order valence-electron chi connectivity index (χ4n) is 8.49. The highest BCUT2D eigenvalue weighted by atomic mass is 16.3. The molecular formula is C50H32N4O. The molecule has 1 aliphatic rings. The summed E-state index contributed by atoms with van der Waals surface area (Å²) >= 11 is 0. The van der Waals surface area contributed by atoms with Gasteiger partial charge >= 0.3 is 0 Å². The Morgan fingerprint density at radius 3 is 1.89 bits per heavy atom. The van der Waals surface area contributed by atoms with E-state index in [1.165, 1.54) is 27.8 Å². The minimum atomic E-state index is -0.559. The molecule has 55 heavy (non-hydrogen) atoms. The van der Waals surface area contributed by atoms with Gasteiger partial charge in [0.2, 0.25) is 5.89 Å². The molecule has 5 heteroatoms. The number of aromatic nitrogens is 4. The zero-order valence-electron chi connectivity index (χ0n) is 29.7. The van der Waals surface area contributed by atoms with E-state index in [9.17, 15) is 0 Å². The molecule has 0 spiro atoms. The SMILES string of the molecule is c1ccc(-c2nc3ccc(C4(c5ccccc5)c5ccccc5-c5cc(-c6ccc(-c7nc8c(-c9ccccc9)cccn8n7)cc6)ccc54)cc3o2)cc1. The average Bonchev–Trinajstić information content (AvgIpc) is 3.98. The largest absolute Gasteiger partial charge is 0.436 e. The normalized spacial score (nSPS) is 14.6. The molecule has 10 aromatic rings. The predicted molar refractivity (Wildman–Crippen MR) is 220 cm³/mol. The lowest BCUT2D eigenvalue weighted by atomic mass is 9.67. The van der Waals surface area contributed by atoms with Gasteiger partial charge in [0.15, 0.2) is 17.1 Å². The zero-order valence-corrected chi connectivity index (χ0v) is 29.7. The van der Waals surface area contributed by atoms with Crippen LogP contribution in [-0.2, 0) is 5.41 Å². The summed E-state index contributed by atoms with van der Waals surface area (Å²) < 4.78 is 8.32. The van der Waals surface area contributed by atoms with Gasteiger partial charge in [-0.05, 0) is 92.5 Å². The first-order valence-electron chi connectivity index (χ1n) is 18.5. The zero-order chi connectivity index (χ0) is 36.3. The van der Waals surface area contributed by atoms with Crippen molar-refractivity contribution in [2.24, 2.45) is 0 Å². The van der Waals surface area contributed by atoms with Crippen molar-refractivity contribution < 1.29 is 4.42 Å². The summed E-state index contributed by atoms with van der Waals surface area (Å²) in [6, 6.07) is 66.2. The van der Waals surface area contributed by atoms with Gasteiger partial charge in [0.1, 0.15) is 5.52 Å². The summed E-state index contributed by atoms with van der Waals surface area (Å²) in [5.41, 5.74) is 15.6. The Bertz CT molecular complexity index is 3020. The van der Waals surface area contributed by atoms with Gasteiger partial charge in [-0.15, -0.1) is 5.10 Å². The van der Waals surface area contributed by atoms with Crippen molar-refractivity contribution in [2.75, 3.05) is 0 Å². The number of fused-ring (bicyclic) bond motifs is 5. The third-order valence-electron chi connectivity index (χ3n) is 11.0. The van der Waals surface area contributed by atoms with Crippen LogP contribution in [0.5, 0.6) is 0 Å². The van der Waals surface area contributed by atoms with Crippen LogP contribution >= 0.6 is 0 Å². The number of pyridine rings is 1. The summed E-state index contributed by atoms with van der Waals surface area (Å²) in [6.45, 7) is 0. The summed E-state index contributed by atoms with van der Waals surface area (Å²) in [7, 11) is 0. The molecule has 0 fully saturated rings. The Balaban J connectivity index is 1.02. The molecule has 11 rings (SSSR count). The molecule has 1 aliphatic carbocycles. The number of rotatable bonds is 6. The Labute approximate surface area is 317 Å². The Morgan fingerprint density at radius 2 is 1.09 bits per heavy atom. The highest BCUT2D eigenvalue weighted by Crippen LogP contribution is 2.57. The highest BCUT2D eigenvalue weighted by Gasteiger charge is 2.46. The second-order valence-electron chi connectivity index (χ2n) is 14.1. The van der Waals surface area contributed by atoms with Crippen LogP contribution in [0.3, 0.4) is 0 Å². The van der Waals surface area contributed by atoms with Crippen molar-refractivity contribution in [1.29, 1.82) is 0 Å². The van der Waals surface area contributed by atoms with Crippen molar-refractivity contribution in [3.05, 3.63) is 217 Å². The van der Waals surface area contributed by atoms with E-state index in [1.807, 2.05) is 65.3 Å². The fraction of sp³-hybridized carbons (Fsp3) is 0.0200. The molecule has 0 bridgehead atoms. The van der Waals surface area contributed by atoms with E-state index in [0.29, 0.717) is 11.7 Å². The molecule has 0 saturated carbocycles. The van der Waals surface area contributed by atoms with Gasteiger partial charge in [0, 0.05) is 22.9 Å². The molecule has 5 nitrogen and oxygen atoms in total. The van der Waals surface area contributed by atoms with Crippen LogP contribution in [0.25, 0.3) is 73.0 Å². The van der Waals surface area contributed by atoms with E-state index in [4.69, 9.17) is 19.5 Å². The van der Waals surface area contributed by atoms with Gasteiger partial charge in [-0.1, -0.05) is 146 Å². The molecule has 3 heterocycles. The summed E-state index contributed by atoms with van der Waals surface area (Å²) in [4.78, 5) is 9.84. The van der Waals surface area contributed by atoms with Crippen LogP contribution in [0.1, 0.15) is 22.3 Å². The van der Waals surface area contributed by atoms with Crippen LogP contribution in [0.2, 0.25) is 0 Å². The monoisotopic (exact) mass is 704 g/mol. The minimum absolute atomic E-state index is 0.559. The first-order valence-corrected chi connectivity index (χ1v) is 18.5. The van der Waals surface area contributed by atoms with Crippen molar-refractivity contribution in [3.8, 4) is 56.2 Å². The molecule has 0 saturated heterocycles. The second kappa shape index (κ2) is 12.4. The standard InChI is InChI=1S/C50H32N4O/c1-4-13-34(14-5-1)40-20-12-30-54-48(40)52-47(53-54)35-24-22-33(23-25-35)37-26-28-44-42(31-37)41-19-10-11-21-43(41)50(44,38-17-8-3-9-18-38)39-27-29-45-46(32-39)55-49(51-45)36-15-6-2-7-16-36/h1-32H. The van der Waals surface area contributed by atoms with Crippen LogP contribution in [0, 0.1) is 0 Å². The van der Waals surface area contributed by atoms with Crippen molar-refractivity contribution in [3.63, 3.8) is 0 Å². The van der Waals surface area contributed by atoms with Gasteiger partial charge in [0.05, 0.1) is 5.41 Å². The van der Waals surface area contributed by atoms with E-state index in [0.717, 1.165) is 55.7 Å². The molecule has 0 radical (unpaired) electrons. The van der Waals surface area contributed by atoms with Crippen LogP contribution < -0.4 is 0 Å². The van der Waals surface area contributed by atoms with Gasteiger partial charge < -0.3 is 4.42 Å². The Hall–Kier alpha value is -7.37. The van der Waals surface area contributed by atoms with E-state index < -0.39 is 5.41 Å². The number of oxazole rings is 1. The van der Waals surface area contributed by atoms with Crippen molar-refractivity contribution >= 4 is 16.7 Å². The molecular weight excluding hydrogens is 673 g/mol. The van der Waals surface area contributed by atoms with E-state index in [-0.39, 0.29) is 0 Å². The molecule has 1 unspecified atom stereocenters. The summed E-state index contributed by atoms with van der Waals surface area (Å²) in [5, 5.41) is 4.85. The highest BCUT2D eigenvalue weighted by molar-refractivity contribution is 5.90. The first-order chi connectivity index (χ1) is 27.2. The molecule has 3 aromatic heterocycles. The number of hydrogen-bond donors (Lipinski definition) is 0. The molecule has 0 aliphatic heterocycles. The Morgan fingerprint density at radius 1 is 0.436 bits per heavy atom. The quantitative estimate of drug-likeness (QED) is 0.173. The maximum absolute atomic E-state index is 6.45. The Kier molecular flexibility index (Phi) is 7.01. The molecule has 0 amide bonds. The van der Waals surface area contributed by atoms with Crippen molar-refractivity contribution in [2.45, 2.75) is 5.41 Å². The maximum atomic E-state index is 6.45. The van der Waals surface area contributed by atoms with Crippen LogP contribution in [0.4, 0.5) is 0 Å². The van der Waals surface area contributed by atoms with Gasteiger partial charge in [-0.25, -0.2) is 14.5 Å². The number of nitrogens with zero attached hydrogens (tertiary/aromatic N) is 4. The smallest absolute Gasteiger partial charge is 0.227 e. The van der Waals surface area contributed by atoms with Crippen molar-refractivity contribution in [1.82, 2.24) is 19.6 Å². The van der Waals surface area contributed by atoms with Gasteiger partial charge in [0.25, 0.3) is 0 Å². The lowest BCUT2D eigenvalue weighted by molar-refractivity contribution is 0.618. The average molecular weight is 705 g/mol. The fourth-order valence-corrected chi connectivity index (χ4v) is 8.49. The van der Waals surface area contributed by atoms with Crippen LogP contribution in [0.15, 0.2) is 199 Å². The second-order valence-corrected chi connectivity index (χ2v) is 14.1. The first kappa shape index (κ1) is 31.2. The van der Waals surface area contributed by atoms with E-state index in [1.54, 1.807) is 0 Å². The summed E-state index contributed by atoms with van der Waals surface area (Å²) in [5.74, 6) is 1.32. The van der Waals surface area contributed by atoms with Crippen LogP contribution in [-0.4, -0.2) is 19.6 Å². The summed E-state index contributed by atoms with van der Waals surface area (Å²) in [6.07, 6.45) is 1.95. The molecule has 0 N–H and O–H groups in total. The maximum Gasteiger partial charge on any atom is 0.227 e. The topological polar surface area (TPSA) is 56.2 Å². The predicted octanol–water partition coefficient (Wildman–Crippen LogP) is 11.9. The minimum Gasteiger partial charge on any atom is -0.436 e. The third kappa shape index (κ3) is 4.90.